The molecule has 118 valence electrons. The molecule has 0 aliphatic carbocycles. The zero-order valence-corrected chi connectivity index (χ0v) is 13.0. The Bertz CT molecular complexity index is 780. The smallest absolute Gasteiger partial charge is 0.275 e. The summed E-state index contributed by atoms with van der Waals surface area (Å²) < 4.78 is 35.6. The normalized spacial score (nSPS) is 11.6. The molecule has 0 saturated carbocycles. The second kappa shape index (κ2) is 6.20. The van der Waals surface area contributed by atoms with Gasteiger partial charge in [0.05, 0.1) is 5.56 Å². The summed E-state index contributed by atoms with van der Waals surface area (Å²) in [4.78, 5) is 11.3. The highest BCUT2D eigenvalue weighted by atomic mass is 32.2. The molecule has 2 aromatic rings. The van der Waals surface area contributed by atoms with Crippen LogP contribution in [-0.4, -0.2) is 32.7 Å². The number of primary amides is 1. The van der Waals surface area contributed by atoms with E-state index in [-0.39, 0.29) is 17.3 Å². The molecule has 0 bridgehead atoms. The highest BCUT2D eigenvalue weighted by Gasteiger charge is 2.21. The number of ether oxygens (including phenoxy) is 1. The van der Waals surface area contributed by atoms with Crippen LogP contribution in [0.15, 0.2) is 45.9 Å². The molecule has 0 fully saturated rings. The van der Waals surface area contributed by atoms with E-state index in [9.17, 15) is 13.2 Å². The quantitative estimate of drug-likeness (QED) is 0.860. The summed E-state index contributed by atoms with van der Waals surface area (Å²) in [6.07, 6.45) is 0. The monoisotopic (exact) mass is 324 g/mol. The summed E-state index contributed by atoms with van der Waals surface area (Å²) >= 11 is 0. The van der Waals surface area contributed by atoms with Gasteiger partial charge in [-0.3, -0.25) is 4.79 Å². The van der Waals surface area contributed by atoms with E-state index < -0.39 is 15.9 Å². The first-order valence-corrected chi connectivity index (χ1v) is 7.79. The summed E-state index contributed by atoms with van der Waals surface area (Å²) in [5.41, 5.74) is 5.50. The van der Waals surface area contributed by atoms with Crippen molar-refractivity contribution in [1.29, 1.82) is 0 Å². The molecular weight excluding hydrogens is 308 g/mol. The molecule has 1 heterocycles. The minimum absolute atomic E-state index is 0.0206. The Hall–Kier alpha value is -2.32. The van der Waals surface area contributed by atoms with Gasteiger partial charge in [0.2, 0.25) is 5.09 Å². The first-order valence-electron chi connectivity index (χ1n) is 6.35. The third-order valence-electron chi connectivity index (χ3n) is 2.89. The standard InChI is InChI=1S/C14H16N2O5S/c1-16(2)22(18,19)13-8-7-10(21-13)9-20-12-6-4-3-5-11(12)14(15)17/h3-8H,9H2,1-2H3,(H2,15,17). The molecular formula is C14H16N2O5S. The Balaban J connectivity index is 2.14. The third-order valence-corrected chi connectivity index (χ3v) is 4.58. The number of nitrogens with two attached hydrogens (primary N) is 1. The molecule has 1 aromatic heterocycles. The Labute approximate surface area is 128 Å². The Morgan fingerprint density at radius 3 is 2.55 bits per heavy atom. The lowest BCUT2D eigenvalue weighted by Crippen LogP contribution is -2.21. The fourth-order valence-corrected chi connectivity index (χ4v) is 2.51. The lowest BCUT2D eigenvalue weighted by Gasteiger charge is -2.09. The summed E-state index contributed by atoms with van der Waals surface area (Å²) in [5, 5.41) is -0.167. The Kier molecular flexibility index (Phi) is 4.53. The fourth-order valence-electron chi connectivity index (χ4n) is 1.70. The largest absolute Gasteiger partial charge is 0.485 e. The third kappa shape index (κ3) is 3.29. The summed E-state index contributed by atoms with van der Waals surface area (Å²) in [6, 6.07) is 9.37. The summed E-state index contributed by atoms with van der Waals surface area (Å²) in [6.45, 7) is -0.0206. The van der Waals surface area contributed by atoms with Crippen LogP contribution in [0.3, 0.4) is 0 Å². The van der Waals surface area contributed by atoms with Crippen LogP contribution in [-0.2, 0) is 16.6 Å². The van der Waals surface area contributed by atoms with Crippen molar-refractivity contribution in [3.8, 4) is 5.75 Å². The molecule has 8 heteroatoms. The molecule has 0 spiro atoms. The topological polar surface area (TPSA) is 103 Å². The molecule has 0 radical (unpaired) electrons. The van der Waals surface area contributed by atoms with Gasteiger partial charge in [0, 0.05) is 14.1 Å². The molecule has 0 atom stereocenters. The van der Waals surface area contributed by atoms with Crippen LogP contribution in [0.1, 0.15) is 16.1 Å². The van der Waals surface area contributed by atoms with Crippen molar-refractivity contribution in [1.82, 2.24) is 4.31 Å². The van der Waals surface area contributed by atoms with Gasteiger partial charge in [0.15, 0.2) is 0 Å². The highest BCUT2D eigenvalue weighted by molar-refractivity contribution is 7.88. The van der Waals surface area contributed by atoms with Crippen LogP contribution in [0.2, 0.25) is 0 Å². The van der Waals surface area contributed by atoms with E-state index in [2.05, 4.69) is 0 Å². The van der Waals surface area contributed by atoms with Gasteiger partial charge < -0.3 is 14.9 Å². The number of amides is 1. The van der Waals surface area contributed by atoms with Crippen molar-refractivity contribution in [2.24, 2.45) is 5.73 Å². The van der Waals surface area contributed by atoms with Crippen molar-refractivity contribution in [2.75, 3.05) is 14.1 Å². The molecule has 1 aromatic carbocycles. The predicted molar refractivity (Wildman–Crippen MR) is 78.9 cm³/mol. The molecule has 0 unspecified atom stereocenters. The van der Waals surface area contributed by atoms with Gasteiger partial charge >= 0.3 is 0 Å². The van der Waals surface area contributed by atoms with E-state index in [1.807, 2.05) is 0 Å². The van der Waals surface area contributed by atoms with Crippen LogP contribution in [0.4, 0.5) is 0 Å². The number of carbonyl (C=O) groups excluding carboxylic acids is 1. The van der Waals surface area contributed by atoms with Crippen LogP contribution in [0.5, 0.6) is 5.75 Å². The van der Waals surface area contributed by atoms with E-state index in [4.69, 9.17) is 14.9 Å². The van der Waals surface area contributed by atoms with Crippen LogP contribution >= 0.6 is 0 Å². The van der Waals surface area contributed by atoms with Crippen LogP contribution < -0.4 is 10.5 Å². The van der Waals surface area contributed by atoms with E-state index in [1.54, 1.807) is 24.3 Å². The Morgan fingerprint density at radius 1 is 1.23 bits per heavy atom. The van der Waals surface area contributed by atoms with E-state index in [0.29, 0.717) is 11.5 Å². The average molecular weight is 324 g/mol. The van der Waals surface area contributed by atoms with Crippen molar-refractivity contribution in [2.45, 2.75) is 11.7 Å². The summed E-state index contributed by atoms with van der Waals surface area (Å²) in [7, 11) is -0.796. The number of hydrogen-bond acceptors (Lipinski definition) is 5. The molecule has 1 amide bonds. The van der Waals surface area contributed by atoms with Crippen molar-refractivity contribution < 1.29 is 22.4 Å². The zero-order valence-electron chi connectivity index (χ0n) is 12.1. The number of rotatable bonds is 6. The molecule has 0 saturated heterocycles. The van der Waals surface area contributed by atoms with Gasteiger partial charge in [-0.15, -0.1) is 0 Å². The minimum atomic E-state index is -3.62. The molecule has 0 aliphatic rings. The average Bonchev–Trinajstić information content (AvgIpc) is 2.94. The number of sulfonamides is 1. The van der Waals surface area contributed by atoms with Gasteiger partial charge in [0.25, 0.3) is 15.9 Å². The number of hydrogen-bond donors (Lipinski definition) is 1. The minimum Gasteiger partial charge on any atom is -0.485 e. The van der Waals surface area contributed by atoms with Crippen molar-refractivity contribution in [3.05, 3.63) is 47.7 Å². The van der Waals surface area contributed by atoms with E-state index in [1.165, 1.54) is 26.2 Å². The zero-order chi connectivity index (χ0) is 16.3. The number of furan rings is 1. The lowest BCUT2D eigenvalue weighted by atomic mass is 10.2. The maximum atomic E-state index is 11.9. The molecule has 7 nitrogen and oxygen atoms in total. The SMILES string of the molecule is CN(C)S(=O)(=O)c1ccc(COc2ccccc2C(N)=O)o1. The Morgan fingerprint density at radius 2 is 1.91 bits per heavy atom. The maximum absolute atomic E-state index is 11.9. The first-order chi connectivity index (χ1) is 10.3. The highest BCUT2D eigenvalue weighted by Crippen LogP contribution is 2.21. The van der Waals surface area contributed by atoms with Gasteiger partial charge in [-0.05, 0) is 24.3 Å². The number of nitrogens with zero attached hydrogens (tertiary/aromatic N) is 1. The second-order valence-corrected chi connectivity index (χ2v) is 6.74. The predicted octanol–water partition coefficient (Wildman–Crippen LogP) is 1.21. The van der Waals surface area contributed by atoms with Crippen molar-refractivity contribution in [3.63, 3.8) is 0 Å². The van der Waals surface area contributed by atoms with E-state index in [0.717, 1.165) is 4.31 Å². The fraction of sp³-hybridized carbons (Fsp3) is 0.214. The van der Waals surface area contributed by atoms with Gasteiger partial charge in [-0.1, -0.05) is 12.1 Å². The van der Waals surface area contributed by atoms with Crippen molar-refractivity contribution >= 4 is 15.9 Å². The number of carbonyl (C=O) groups is 1. The van der Waals surface area contributed by atoms with E-state index >= 15 is 0 Å². The van der Waals surface area contributed by atoms with Crippen LogP contribution in [0.25, 0.3) is 0 Å². The van der Waals surface area contributed by atoms with Gasteiger partial charge in [0.1, 0.15) is 18.1 Å². The summed E-state index contributed by atoms with van der Waals surface area (Å²) in [5.74, 6) is 0.0223. The second-order valence-electron chi connectivity index (χ2n) is 4.66. The molecule has 22 heavy (non-hydrogen) atoms. The molecule has 0 aliphatic heterocycles. The molecule has 2 N–H and O–H groups in total. The van der Waals surface area contributed by atoms with Gasteiger partial charge in [-0.25, -0.2) is 12.7 Å². The maximum Gasteiger partial charge on any atom is 0.275 e. The number of benzene rings is 1. The molecule has 2 rings (SSSR count). The number of para-hydroxylation sites is 1. The first kappa shape index (κ1) is 16.1. The van der Waals surface area contributed by atoms with Gasteiger partial charge in [-0.2, -0.15) is 0 Å². The van der Waals surface area contributed by atoms with Crippen LogP contribution in [0, 0.1) is 0 Å². The lowest BCUT2D eigenvalue weighted by molar-refractivity contribution is 0.0995.